The fourth-order valence-electron chi connectivity index (χ4n) is 3.49. The number of aromatic nitrogens is 4. The zero-order valence-electron chi connectivity index (χ0n) is 14.0. The number of imidazole rings is 1. The van der Waals surface area contributed by atoms with Crippen molar-refractivity contribution in [2.24, 2.45) is 7.05 Å². The maximum atomic E-state index is 12.7. The van der Waals surface area contributed by atoms with Crippen LogP contribution in [0.2, 0.25) is 0 Å². The molecule has 6 nitrogen and oxygen atoms in total. The Morgan fingerprint density at radius 2 is 2.25 bits per heavy atom. The highest BCUT2D eigenvalue weighted by Crippen LogP contribution is 2.28. The number of H-pyrrole nitrogens is 1. The summed E-state index contributed by atoms with van der Waals surface area (Å²) < 4.78 is 1.66. The van der Waals surface area contributed by atoms with Crippen molar-refractivity contribution >= 4 is 16.9 Å². The molecule has 0 bridgehead atoms. The summed E-state index contributed by atoms with van der Waals surface area (Å²) in [5, 5.41) is 4.10. The number of rotatable bonds is 2. The van der Waals surface area contributed by atoms with Crippen LogP contribution in [0, 0.1) is 6.92 Å². The van der Waals surface area contributed by atoms with E-state index in [4.69, 9.17) is 4.98 Å². The largest absolute Gasteiger partial charge is 0.342 e. The molecule has 0 aliphatic carbocycles. The average molecular weight is 323 g/mol. The van der Waals surface area contributed by atoms with Gasteiger partial charge in [-0.3, -0.25) is 9.48 Å². The monoisotopic (exact) mass is 323 g/mol. The van der Waals surface area contributed by atoms with Gasteiger partial charge in [0.2, 0.25) is 0 Å². The van der Waals surface area contributed by atoms with Gasteiger partial charge in [-0.1, -0.05) is 12.1 Å². The van der Waals surface area contributed by atoms with E-state index < -0.39 is 0 Å². The van der Waals surface area contributed by atoms with E-state index in [1.165, 1.54) is 5.56 Å². The number of aromatic amines is 1. The molecule has 0 saturated carbocycles. The summed E-state index contributed by atoms with van der Waals surface area (Å²) in [4.78, 5) is 22.8. The molecule has 0 radical (unpaired) electrons. The van der Waals surface area contributed by atoms with Gasteiger partial charge in [-0.2, -0.15) is 5.10 Å². The van der Waals surface area contributed by atoms with Crippen LogP contribution >= 0.6 is 0 Å². The molecule has 6 heteroatoms. The third-order valence-corrected chi connectivity index (χ3v) is 4.78. The van der Waals surface area contributed by atoms with Gasteiger partial charge in [0.1, 0.15) is 5.82 Å². The molecular weight excluding hydrogens is 302 g/mol. The molecule has 124 valence electrons. The van der Waals surface area contributed by atoms with Gasteiger partial charge in [-0.25, -0.2) is 4.98 Å². The predicted molar refractivity (Wildman–Crippen MR) is 91.9 cm³/mol. The maximum absolute atomic E-state index is 12.7. The minimum Gasteiger partial charge on any atom is -0.342 e. The van der Waals surface area contributed by atoms with Crippen LogP contribution in [-0.4, -0.2) is 43.6 Å². The molecule has 1 amide bonds. The van der Waals surface area contributed by atoms with Crippen LogP contribution in [-0.2, 0) is 7.05 Å². The van der Waals surface area contributed by atoms with Crippen LogP contribution in [0.3, 0.4) is 0 Å². The van der Waals surface area contributed by atoms with Gasteiger partial charge < -0.3 is 9.88 Å². The lowest BCUT2D eigenvalue weighted by molar-refractivity contribution is 0.0705. The lowest BCUT2D eigenvalue weighted by Crippen LogP contribution is -2.39. The molecule has 2 aromatic heterocycles. The number of amides is 1. The van der Waals surface area contributed by atoms with E-state index in [0.717, 1.165) is 36.2 Å². The van der Waals surface area contributed by atoms with Crippen molar-refractivity contribution in [2.45, 2.75) is 25.7 Å². The van der Waals surface area contributed by atoms with Crippen molar-refractivity contribution in [2.75, 3.05) is 13.1 Å². The minimum atomic E-state index is 0.0556. The summed E-state index contributed by atoms with van der Waals surface area (Å²) in [5.41, 5.74) is 3.93. The fraction of sp³-hybridized carbons (Fsp3) is 0.389. The zero-order valence-corrected chi connectivity index (χ0v) is 14.0. The first-order valence-corrected chi connectivity index (χ1v) is 8.35. The van der Waals surface area contributed by atoms with E-state index in [-0.39, 0.29) is 11.8 Å². The number of hydrogen-bond donors (Lipinski definition) is 1. The summed E-state index contributed by atoms with van der Waals surface area (Å²) in [6, 6.07) is 6.17. The number of benzene rings is 1. The highest BCUT2D eigenvalue weighted by Gasteiger charge is 2.28. The molecule has 4 rings (SSSR count). The average Bonchev–Trinajstić information content (AvgIpc) is 3.21. The summed E-state index contributed by atoms with van der Waals surface area (Å²) in [7, 11) is 1.83. The molecule has 1 fully saturated rings. The molecule has 1 saturated heterocycles. The Labute approximate surface area is 140 Å². The molecule has 0 unspecified atom stereocenters. The number of carbonyl (C=O) groups is 1. The minimum absolute atomic E-state index is 0.0556. The van der Waals surface area contributed by atoms with E-state index in [0.29, 0.717) is 12.1 Å². The molecular formula is C18H21N5O. The number of carbonyl (C=O) groups excluding carboxylic acids is 1. The maximum Gasteiger partial charge on any atom is 0.257 e. The summed E-state index contributed by atoms with van der Waals surface area (Å²) in [5.74, 6) is 1.30. The lowest BCUT2D eigenvalue weighted by Gasteiger charge is -2.31. The van der Waals surface area contributed by atoms with E-state index in [2.05, 4.69) is 29.1 Å². The van der Waals surface area contributed by atoms with Gasteiger partial charge in [0.15, 0.2) is 0 Å². The molecule has 1 aliphatic heterocycles. The van der Waals surface area contributed by atoms with E-state index >= 15 is 0 Å². The van der Waals surface area contributed by atoms with E-state index in [1.54, 1.807) is 17.1 Å². The first kappa shape index (κ1) is 14.9. The molecule has 3 heterocycles. The standard InChI is InChI=1S/C18H21N5O/c1-12-5-3-7-15-16(12)21-17(20-15)13-6-4-8-23(11-13)18(24)14-9-19-22(2)10-14/h3,5,7,9-10,13H,4,6,8,11H2,1-2H3,(H,20,21)/t13-/m0/s1. The van der Waals surface area contributed by atoms with Crippen LogP contribution in [0.15, 0.2) is 30.6 Å². The van der Waals surface area contributed by atoms with Crippen LogP contribution in [0.25, 0.3) is 11.0 Å². The number of nitrogens with one attached hydrogen (secondary N) is 1. The fourth-order valence-corrected chi connectivity index (χ4v) is 3.49. The molecule has 1 N–H and O–H groups in total. The van der Waals surface area contributed by atoms with Crippen molar-refractivity contribution in [3.63, 3.8) is 0 Å². The number of hydrogen-bond acceptors (Lipinski definition) is 3. The summed E-state index contributed by atoms with van der Waals surface area (Å²) in [6.07, 6.45) is 5.45. The second-order valence-corrected chi connectivity index (χ2v) is 6.59. The Bertz CT molecular complexity index is 894. The number of likely N-dealkylation sites (tertiary alicyclic amines) is 1. The van der Waals surface area contributed by atoms with Gasteiger partial charge in [-0.05, 0) is 31.4 Å². The van der Waals surface area contributed by atoms with Crippen molar-refractivity contribution in [1.29, 1.82) is 0 Å². The van der Waals surface area contributed by atoms with Crippen LogP contribution < -0.4 is 0 Å². The molecule has 1 atom stereocenters. The summed E-state index contributed by atoms with van der Waals surface area (Å²) in [6.45, 7) is 3.57. The highest BCUT2D eigenvalue weighted by atomic mass is 16.2. The van der Waals surface area contributed by atoms with Gasteiger partial charge in [0.05, 0.1) is 22.8 Å². The Morgan fingerprint density at radius 1 is 1.38 bits per heavy atom. The Kier molecular flexibility index (Phi) is 3.59. The molecule has 0 spiro atoms. The Hall–Kier alpha value is -2.63. The van der Waals surface area contributed by atoms with E-state index in [9.17, 15) is 4.79 Å². The Balaban J connectivity index is 1.57. The first-order chi connectivity index (χ1) is 11.6. The topological polar surface area (TPSA) is 66.8 Å². The smallest absolute Gasteiger partial charge is 0.257 e. The quantitative estimate of drug-likeness (QED) is 0.788. The van der Waals surface area contributed by atoms with Gasteiger partial charge in [-0.15, -0.1) is 0 Å². The van der Waals surface area contributed by atoms with Gasteiger partial charge in [0.25, 0.3) is 5.91 Å². The molecule has 24 heavy (non-hydrogen) atoms. The van der Waals surface area contributed by atoms with E-state index in [1.807, 2.05) is 18.0 Å². The molecule has 1 aromatic carbocycles. The normalized spacial score (nSPS) is 18.2. The lowest BCUT2D eigenvalue weighted by atomic mass is 9.97. The first-order valence-electron chi connectivity index (χ1n) is 8.35. The predicted octanol–water partition coefficient (Wildman–Crippen LogP) is 2.62. The number of para-hydroxylation sites is 1. The van der Waals surface area contributed by atoms with Crippen molar-refractivity contribution in [3.8, 4) is 0 Å². The van der Waals surface area contributed by atoms with Crippen molar-refractivity contribution in [1.82, 2.24) is 24.6 Å². The summed E-state index contributed by atoms with van der Waals surface area (Å²) >= 11 is 0. The number of nitrogens with zero attached hydrogens (tertiary/aromatic N) is 4. The van der Waals surface area contributed by atoms with Gasteiger partial charge in [0, 0.05) is 32.3 Å². The van der Waals surface area contributed by atoms with Crippen LogP contribution in [0.5, 0.6) is 0 Å². The van der Waals surface area contributed by atoms with Crippen molar-refractivity contribution in [3.05, 3.63) is 47.5 Å². The second kappa shape index (κ2) is 5.78. The number of piperidine rings is 1. The van der Waals surface area contributed by atoms with Crippen molar-refractivity contribution < 1.29 is 4.79 Å². The van der Waals surface area contributed by atoms with Crippen LogP contribution in [0.4, 0.5) is 0 Å². The van der Waals surface area contributed by atoms with Crippen LogP contribution in [0.1, 0.15) is 40.5 Å². The second-order valence-electron chi connectivity index (χ2n) is 6.59. The highest BCUT2D eigenvalue weighted by molar-refractivity contribution is 5.93. The molecule has 3 aromatic rings. The third kappa shape index (κ3) is 2.58. The Morgan fingerprint density at radius 3 is 3.00 bits per heavy atom. The SMILES string of the molecule is Cc1cccc2[nH]c([C@H]3CCCN(C(=O)c4cnn(C)c4)C3)nc12. The molecule has 1 aliphatic rings. The van der Waals surface area contributed by atoms with Gasteiger partial charge >= 0.3 is 0 Å². The third-order valence-electron chi connectivity index (χ3n) is 4.78. The number of aryl methyl sites for hydroxylation is 2. The number of fused-ring (bicyclic) bond motifs is 1. The zero-order chi connectivity index (χ0) is 16.7.